The second-order valence-electron chi connectivity index (χ2n) is 22.1. The fourth-order valence-electron chi connectivity index (χ4n) is 12.4. The van der Waals surface area contributed by atoms with Crippen LogP contribution in [0.2, 0.25) is 35.5 Å². The summed E-state index contributed by atoms with van der Waals surface area (Å²) in [6.07, 6.45) is 21.1. The van der Waals surface area contributed by atoms with Gasteiger partial charge in [0.25, 0.3) is 0 Å². The molecule has 428 valence electrons. The fraction of sp³-hybridized carbons (Fsp3) is 0.500. The van der Waals surface area contributed by atoms with Crippen LogP contribution in [0.1, 0.15) is 158 Å². The standard InChI is InChI=1S/3C8H4S3.2C4H3S.8C4H9.4Sn/c3*1-3-9-5-7(1)11-8-2-4-10-6-8;2*1-2-4-5-3-1;8*1-3-4-2;;;;/h3*1-4H;2*1-3H;8*1,3-4H2,2H3;;;;. The first kappa shape index (κ1) is 66.8. The maximum atomic E-state index is 2.61. The third-order valence-corrected chi connectivity index (χ3v) is 112. The zero-order chi connectivity index (χ0) is 55.6. The van der Waals surface area contributed by atoms with Crippen molar-refractivity contribution in [3.63, 3.8) is 0 Å². The Morgan fingerprint density at radius 2 is 0.456 bits per heavy atom. The van der Waals surface area contributed by atoms with Crippen LogP contribution in [-0.2, 0) is 0 Å². The second kappa shape index (κ2) is 34.0. The Hall–Kier alpha value is 1.84. The number of unbranched alkanes of at least 4 members (excludes halogenated alkanes) is 8. The normalized spacial score (nSPS) is 12.7. The topological polar surface area (TPSA) is 0 Å². The molecule has 0 radical (unpaired) electrons. The van der Waals surface area contributed by atoms with Crippen LogP contribution in [-0.4, -0.2) is 73.5 Å². The van der Waals surface area contributed by atoms with Crippen LogP contribution in [0.5, 0.6) is 0 Å². The molecule has 0 nitrogen and oxygen atoms in total. The van der Waals surface area contributed by atoms with Crippen LogP contribution in [0.25, 0.3) is 0 Å². The summed E-state index contributed by atoms with van der Waals surface area (Å²) in [4.78, 5) is 9.77. The van der Waals surface area contributed by atoms with E-state index in [-0.39, 0.29) is 0 Å². The van der Waals surface area contributed by atoms with Gasteiger partial charge in [-0.05, 0) is 0 Å². The summed E-state index contributed by atoms with van der Waals surface area (Å²) < 4.78 is 26.2. The summed E-state index contributed by atoms with van der Waals surface area (Å²) >= 11 is 11.2. The number of thiophene rings is 8. The fourth-order valence-corrected chi connectivity index (χ4v) is 121. The van der Waals surface area contributed by atoms with Crippen molar-refractivity contribution in [1.82, 2.24) is 0 Å². The van der Waals surface area contributed by atoms with E-state index in [2.05, 4.69) is 285 Å². The average molecular weight is 1690 g/mol. The van der Waals surface area contributed by atoms with Gasteiger partial charge >= 0.3 is 549 Å². The Bertz CT molecular complexity index is 2720. The molecule has 0 aliphatic rings. The van der Waals surface area contributed by atoms with E-state index in [1.165, 1.54) is 138 Å². The number of hydrogen-bond acceptors (Lipinski definition) is 11. The molecule has 8 heterocycles. The molecule has 79 heavy (non-hydrogen) atoms. The molecule has 0 bridgehead atoms. The molecule has 8 aromatic rings. The van der Waals surface area contributed by atoms with E-state index >= 15 is 0 Å². The average Bonchev–Trinajstić information content (AvgIpc) is 4.53. The minimum atomic E-state index is -3.35. The molecule has 0 spiro atoms. The SMILES string of the molecule is CCC[CH2][Sn]([CH2]CCC)([c]1cccs1)[c]1sccc1Sc1ccs[c]1[Sn]([CH2]CCC)([CH2]CCC)[c]1sccc1Sc1ccs[c]1[Sn]([CH2]CCC)([CH2]CCC)[c]1sccc1Sc1ccs[c]1[Sn]([CH2]CCC)([CH2]CCC)[c]1cccs1. The second-order valence-corrected chi connectivity index (χ2v) is 88.8. The monoisotopic (exact) mass is 1690 g/mol. The predicted octanol–water partition coefficient (Wildman–Crippen LogP) is 21.3. The molecule has 0 saturated heterocycles. The minimum absolute atomic E-state index is 1.28. The van der Waals surface area contributed by atoms with E-state index in [1.807, 2.05) is 17.4 Å². The molecule has 15 heteroatoms. The van der Waals surface area contributed by atoms with Crippen LogP contribution in [0.4, 0.5) is 0 Å². The molecule has 0 aliphatic heterocycles. The van der Waals surface area contributed by atoms with Crippen LogP contribution in [0.15, 0.2) is 133 Å². The Balaban J connectivity index is 1.20. The van der Waals surface area contributed by atoms with Crippen molar-refractivity contribution >= 4 is 223 Å². The van der Waals surface area contributed by atoms with Gasteiger partial charge in [-0.1, -0.05) is 0 Å². The molecule has 0 aliphatic carbocycles. The van der Waals surface area contributed by atoms with E-state index in [0.717, 1.165) is 0 Å². The number of rotatable bonds is 38. The first-order valence-corrected chi connectivity index (χ1v) is 67.4. The van der Waals surface area contributed by atoms with Gasteiger partial charge in [0, 0.05) is 0 Å². The molecule has 0 fully saturated rings. The maximum absolute atomic E-state index is 3.35. The molecule has 0 unspecified atom stereocenters. The van der Waals surface area contributed by atoms with Crippen LogP contribution >= 0.6 is 126 Å². The van der Waals surface area contributed by atoms with Gasteiger partial charge < -0.3 is 0 Å². The van der Waals surface area contributed by atoms with Gasteiger partial charge in [-0.15, -0.1) is 0 Å². The Kier molecular flexibility index (Phi) is 28.7. The van der Waals surface area contributed by atoms with E-state index in [1.54, 1.807) is 35.2 Å². The van der Waals surface area contributed by atoms with Crippen molar-refractivity contribution < 1.29 is 0 Å². The molecule has 0 atom stereocenters. The summed E-state index contributed by atoms with van der Waals surface area (Å²) in [7, 11) is 0. The van der Waals surface area contributed by atoms with E-state index < -0.39 is 73.5 Å². The molecule has 0 aromatic carbocycles. The Morgan fingerprint density at radius 1 is 0.253 bits per heavy atom. The third-order valence-electron chi connectivity index (χ3n) is 16.7. The molecule has 0 saturated carbocycles. The van der Waals surface area contributed by atoms with Crippen molar-refractivity contribution in [3.8, 4) is 0 Å². The summed E-state index contributed by atoms with van der Waals surface area (Å²) in [5, 5.41) is 19.9. The van der Waals surface area contributed by atoms with E-state index in [9.17, 15) is 0 Å². The predicted molar refractivity (Wildman–Crippen MR) is 385 cm³/mol. The van der Waals surface area contributed by atoms with Gasteiger partial charge in [-0.3, -0.25) is 0 Å². The van der Waals surface area contributed by atoms with Crippen molar-refractivity contribution in [2.45, 2.75) is 223 Å². The van der Waals surface area contributed by atoms with Gasteiger partial charge in [0.05, 0.1) is 0 Å². The van der Waals surface area contributed by atoms with Gasteiger partial charge in [0.1, 0.15) is 0 Å². The first-order chi connectivity index (χ1) is 38.8. The van der Waals surface area contributed by atoms with E-state index in [4.69, 9.17) is 0 Å². The van der Waals surface area contributed by atoms with Crippen molar-refractivity contribution in [3.05, 3.63) is 104 Å². The van der Waals surface area contributed by atoms with E-state index in [0.29, 0.717) is 0 Å². The van der Waals surface area contributed by atoms with Crippen molar-refractivity contribution in [1.29, 1.82) is 0 Å². The molecule has 0 amide bonds. The quantitative estimate of drug-likeness (QED) is 0.0354. The first-order valence-electron chi connectivity index (χ1n) is 30.4. The summed E-state index contributed by atoms with van der Waals surface area (Å²) in [5.41, 5.74) is 0. The van der Waals surface area contributed by atoms with Crippen LogP contribution in [0, 0.1) is 0 Å². The Labute approximate surface area is 540 Å². The summed E-state index contributed by atoms with van der Waals surface area (Å²) in [6.45, 7) is 19.5. The van der Waals surface area contributed by atoms with Crippen LogP contribution in [0.3, 0.4) is 0 Å². The zero-order valence-electron chi connectivity index (χ0n) is 48.9. The summed E-state index contributed by atoms with van der Waals surface area (Å²) in [6, 6.07) is 25.4. The molecular weight excluding hydrogens is 1600 g/mol. The van der Waals surface area contributed by atoms with Gasteiger partial charge in [-0.25, -0.2) is 0 Å². The van der Waals surface area contributed by atoms with Crippen molar-refractivity contribution in [2.75, 3.05) is 0 Å². The van der Waals surface area contributed by atoms with Gasteiger partial charge in [-0.2, -0.15) is 0 Å². The molecular formula is C64H90S11Sn4. The van der Waals surface area contributed by atoms with Crippen LogP contribution < -0.4 is 23.1 Å². The Morgan fingerprint density at radius 3 is 0.646 bits per heavy atom. The third kappa shape index (κ3) is 15.6. The van der Waals surface area contributed by atoms with Crippen molar-refractivity contribution in [2.24, 2.45) is 0 Å². The molecule has 8 aromatic heterocycles. The molecule has 0 N–H and O–H groups in total. The van der Waals surface area contributed by atoms with Gasteiger partial charge in [0.2, 0.25) is 0 Å². The number of hydrogen-bond donors (Lipinski definition) is 0. The van der Waals surface area contributed by atoms with Gasteiger partial charge in [0.15, 0.2) is 0 Å². The zero-order valence-corrected chi connectivity index (χ0v) is 69.3. The summed E-state index contributed by atoms with van der Waals surface area (Å²) in [5.74, 6) is 0. The molecule has 8 rings (SSSR count).